The lowest BCUT2D eigenvalue weighted by molar-refractivity contribution is 0.0849. The zero-order valence-corrected chi connectivity index (χ0v) is 11.0. The molecule has 0 aromatic carbocycles. The summed E-state index contributed by atoms with van der Waals surface area (Å²) in [6, 6.07) is 1.94. The number of amides is 1. The molecule has 1 saturated carbocycles. The molecule has 1 atom stereocenters. The molecule has 1 aliphatic carbocycles. The van der Waals surface area contributed by atoms with Gasteiger partial charge < -0.3 is 15.6 Å². The van der Waals surface area contributed by atoms with E-state index >= 15 is 0 Å². The van der Waals surface area contributed by atoms with Gasteiger partial charge in [0.25, 0.3) is 5.91 Å². The Kier molecular flexibility index (Phi) is 3.08. The van der Waals surface area contributed by atoms with Gasteiger partial charge in [-0.15, -0.1) is 0 Å². The van der Waals surface area contributed by atoms with E-state index < -0.39 is 0 Å². The van der Waals surface area contributed by atoms with Gasteiger partial charge in [-0.3, -0.25) is 4.79 Å². The van der Waals surface area contributed by atoms with Gasteiger partial charge in [0, 0.05) is 17.8 Å². The van der Waals surface area contributed by atoms with Crippen LogP contribution >= 0.6 is 11.6 Å². The van der Waals surface area contributed by atoms with E-state index in [0.29, 0.717) is 16.3 Å². The average Bonchev–Trinajstić information content (AvgIpc) is 2.74. The highest BCUT2D eigenvalue weighted by Crippen LogP contribution is 2.38. The van der Waals surface area contributed by atoms with E-state index in [1.165, 1.54) is 19.3 Å². The van der Waals surface area contributed by atoms with Crippen molar-refractivity contribution in [3.63, 3.8) is 0 Å². The van der Waals surface area contributed by atoms with Crippen molar-refractivity contribution in [1.29, 1.82) is 0 Å². The molecule has 0 bridgehead atoms. The van der Waals surface area contributed by atoms with Gasteiger partial charge in [0.1, 0.15) is 5.69 Å². The van der Waals surface area contributed by atoms with Crippen molar-refractivity contribution >= 4 is 17.5 Å². The average molecular weight is 268 g/mol. The highest BCUT2D eigenvalue weighted by molar-refractivity contribution is 6.30. The Bertz CT molecular complexity index is 453. The fourth-order valence-corrected chi connectivity index (χ4v) is 3.19. The molecule has 0 radical (unpaired) electrons. The summed E-state index contributed by atoms with van der Waals surface area (Å²) < 4.78 is 0. The first kappa shape index (κ1) is 12.1. The van der Waals surface area contributed by atoms with Crippen molar-refractivity contribution in [3.05, 3.63) is 23.0 Å². The van der Waals surface area contributed by atoms with E-state index in [1.807, 2.05) is 0 Å². The van der Waals surface area contributed by atoms with Gasteiger partial charge in [-0.1, -0.05) is 11.6 Å². The molecule has 1 aromatic rings. The van der Waals surface area contributed by atoms with Crippen LogP contribution in [0.2, 0.25) is 5.02 Å². The van der Waals surface area contributed by atoms with Crippen molar-refractivity contribution in [1.82, 2.24) is 15.6 Å². The number of rotatable bonds is 2. The quantitative estimate of drug-likeness (QED) is 0.768. The van der Waals surface area contributed by atoms with Crippen LogP contribution in [-0.4, -0.2) is 29.0 Å². The van der Waals surface area contributed by atoms with Gasteiger partial charge in [0.15, 0.2) is 0 Å². The van der Waals surface area contributed by atoms with E-state index in [2.05, 4.69) is 15.6 Å². The Hall–Kier alpha value is -1.00. The molecule has 1 aliphatic heterocycles. The number of hydrogen-bond acceptors (Lipinski definition) is 2. The van der Waals surface area contributed by atoms with Crippen LogP contribution < -0.4 is 10.6 Å². The molecule has 1 saturated heterocycles. The topological polar surface area (TPSA) is 56.9 Å². The summed E-state index contributed by atoms with van der Waals surface area (Å²) in [5.41, 5.74) is 0.852. The SMILES string of the molecule is O=C(NC1CCNC2(CCC2)C1)c1cc(Cl)c[nH]1. The molecule has 1 unspecified atom stereocenters. The summed E-state index contributed by atoms with van der Waals surface area (Å²) in [6.45, 7) is 0.996. The van der Waals surface area contributed by atoms with Crippen LogP contribution in [0.5, 0.6) is 0 Å². The number of nitrogens with one attached hydrogen (secondary N) is 3. The molecule has 2 aliphatic rings. The summed E-state index contributed by atoms with van der Waals surface area (Å²) in [6.07, 6.45) is 7.47. The fourth-order valence-electron chi connectivity index (χ4n) is 3.03. The second-order valence-corrected chi connectivity index (χ2v) is 5.89. The maximum Gasteiger partial charge on any atom is 0.267 e. The first-order valence-electron chi connectivity index (χ1n) is 6.57. The van der Waals surface area contributed by atoms with Crippen LogP contribution in [0.25, 0.3) is 0 Å². The molecule has 3 N–H and O–H groups in total. The third-order valence-corrected chi connectivity index (χ3v) is 4.39. The molecule has 3 rings (SSSR count). The van der Waals surface area contributed by atoms with E-state index in [0.717, 1.165) is 19.4 Å². The number of aromatic amines is 1. The second-order valence-electron chi connectivity index (χ2n) is 5.46. The van der Waals surface area contributed by atoms with E-state index in [4.69, 9.17) is 11.6 Å². The second kappa shape index (κ2) is 4.59. The largest absolute Gasteiger partial charge is 0.356 e. The molecular weight excluding hydrogens is 250 g/mol. The van der Waals surface area contributed by atoms with Gasteiger partial charge >= 0.3 is 0 Å². The van der Waals surface area contributed by atoms with Gasteiger partial charge in [-0.05, 0) is 44.7 Å². The number of carbonyl (C=O) groups is 1. The van der Waals surface area contributed by atoms with Crippen molar-refractivity contribution in [3.8, 4) is 0 Å². The highest BCUT2D eigenvalue weighted by Gasteiger charge is 2.41. The number of hydrogen-bond donors (Lipinski definition) is 3. The molecule has 1 aromatic heterocycles. The van der Waals surface area contributed by atoms with Crippen LogP contribution in [0.3, 0.4) is 0 Å². The van der Waals surface area contributed by atoms with Crippen LogP contribution in [-0.2, 0) is 0 Å². The number of carbonyl (C=O) groups excluding carboxylic acids is 1. The zero-order valence-electron chi connectivity index (χ0n) is 10.3. The molecule has 2 fully saturated rings. The lowest BCUT2D eigenvalue weighted by Gasteiger charge is -2.48. The van der Waals surface area contributed by atoms with Gasteiger partial charge in [0.05, 0.1) is 5.02 Å². The smallest absolute Gasteiger partial charge is 0.267 e. The van der Waals surface area contributed by atoms with Crippen LogP contribution in [0.4, 0.5) is 0 Å². The summed E-state index contributed by atoms with van der Waals surface area (Å²) in [4.78, 5) is 14.9. The summed E-state index contributed by atoms with van der Waals surface area (Å²) in [5, 5.41) is 7.27. The Morgan fingerprint density at radius 3 is 2.94 bits per heavy atom. The predicted octanol–water partition coefficient (Wildman–Crippen LogP) is 2.07. The first-order chi connectivity index (χ1) is 8.67. The lowest BCUT2D eigenvalue weighted by Crippen LogP contribution is -2.59. The van der Waals surface area contributed by atoms with E-state index in [1.54, 1.807) is 12.3 Å². The monoisotopic (exact) mass is 267 g/mol. The standard InChI is InChI=1S/C13H18ClN3O/c14-9-6-11(15-8-9)12(18)17-10-2-5-16-13(7-10)3-1-4-13/h6,8,10,15-16H,1-5,7H2,(H,17,18). The Balaban J connectivity index is 1.60. The number of H-pyrrole nitrogens is 1. The Morgan fingerprint density at radius 2 is 2.33 bits per heavy atom. The summed E-state index contributed by atoms with van der Waals surface area (Å²) in [5.74, 6) is -0.0525. The molecular formula is C13H18ClN3O. The highest BCUT2D eigenvalue weighted by atomic mass is 35.5. The van der Waals surface area contributed by atoms with Crippen LogP contribution in [0.1, 0.15) is 42.6 Å². The molecule has 5 heteroatoms. The molecule has 1 spiro atoms. The number of halogens is 1. The van der Waals surface area contributed by atoms with Crippen molar-refractivity contribution in [2.45, 2.75) is 43.7 Å². The number of piperidine rings is 1. The van der Waals surface area contributed by atoms with E-state index in [-0.39, 0.29) is 11.9 Å². The van der Waals surface area contributed by atoms with Crippen LogP contribution in [0, 0.1) is 0 Å². The minimum Gasteiger partial charge on any atom is -0.356 e. The molecule has 4 nitrogen and oxygen atoms in total. The Morgan fingerprint density at radius 1 is 1.50 bits per heavy atom. The maximum atomic E-state index is 12.0. The van der Waals surface area contributed by atoms with E-state index in [9.17, 15) is 4.79 Å². The van der Waals surface area contributed by atoms with Crippen molar-refractivity contribution < 1.29 is 4.79 Å². The van der Waals surface area contributed by atoms with Crippen molar-refractivity contribution in [2.24, 2.45) is 0 Å². The molecule has 18 heavy (non-hydrogen) atoms. The predicted molar refractivity (Wildman–Crippen MR) is 70.9 cm³/mol. The minimum absolute atomic E-state index is 0.0525. The maximum absolute atomic E-state index is 12.0. The van der Waals surface area contributed by atoms with Gasteiger partial charge in [0.2, 0.25) is 0 Å². The third kappa shape index (κ3) is 2.27. The first-order valence-corrected chi connectivity index (χ1v) is 6.95. The zero-order chi connectivity index (χ0) is 12.6. The fraction of sp³-hybridized carbons (Fsp3) is 0.615. The molecule has 98 valence electrons. The lowest BCUT2D eigenvalue weighted by atomic mass is 9.70. The number of aromatic nitrogens is 1. The van der Waals surface area contributed by atoms with Gasteiger partial charge in [-0.2, -0.15) is 0 Å². The Labute approximate surface area is 111 Å². The third-order valence-electron chi connectivity index (χ3n) is 4.17. The van der Waals surface area contributed by atoms with Crippen molar-refractivity contribution in [2.75, 3.05) is 6.54 Å². The minimum atomic E-state index is -0.0525. The molecule has 1 amide bonds. The summed E-state index contributed by atoms with van der Waals surface area (Å²) >= 11 is 5.80. The van der Waals surface area contributed by atoms with Gasteiger partial charge in [-0.25, -0.2) is 0 Å². The summed E-state index contributed by atoms with van der Waals surface area (Å²) in [7, 11) is 0. The molecule has 2 heterocycles. The normalized spacial score (nSPS) is 25.7. The van der Waals surface area contributed by atoms with Crippen LogP contribution in [0.15, 0.2) is 12.3 Å².